The van der Waals surface area contributed by atoms with E-state index in [1.165, 1.54) is 17.4 Å². The quantitative estimate of drug-likeness (QED) is 0.441. The zero-order valence-electron chi connectivity index (χ0n) is 16.2. The van der Waals surface area contributed by atoms with Gasteiger partial charge in [0, 0.05) is 12.3 Å². The zero-order valence-corrected chi connectivity index (χ0v) is 16.2. The normalized spacial score (nSPS) is 22.1. The summed E-state index contributed by atoms with van der Waals surface area (Å²) < 4.78 is 6.70. The van der Waals surface area contributed by atoms with Crippen LogP contribution in [0.2, 0.25) is 0 Å². The summed E-state index contributed by atoms with van der Waals surface area (Å²) in [6.07, 6.45) is 6.43. The van der Waals surface area contributed by atoms with E-state index in [-0.39, 0.29) is 24.0 Å². The maximum Gasteiger partial charge on any atom is 0.329 e. The van der Waals surface area contributed by atoms with E-state index in [1.807, 2.05) is 25.1 Å². The molecule has 0 N–H and O–H groups in total. The summed E-state index contributed by atoms with van der Waals surface area (Å²) in [5, 5.41) is 0. The first-order valence-corrected chi connectivity index (χ1v) is 9.55. The number of aryl methyl sites for hydroxylation is 1. The maximum atomic E-state index is 12.6. The van der Waals surface area contributed by atoms with Crippen molar-refractivity contribution in [3.05, 3.63) is 58.2 Å². The summed E-state index contributed by atoms with van der Waals surface area (Å²) in [5.74, 6) is -2.15. The Kier molecular flexibility index (Phi) is 4.77. The number of likely N-dealkylation sites (tertiary alicyclic amines) is 1. The van der Waals surface area contributed by atoms with Gasteiger partial charge >= 0.3 is 5.97 Å². The van der Waals surface area contributed by atoms with Gasteiger partial charge in [-0.15, -0.1) is 0 Å². The molecule has 0 saturated carbocycles. The van der Waals surface area contributed by atoms with Gasteiger partial charge in [0.25, 0.3) is 5.56 Å². The largest absolute Gasteiger partial charge is 0.458 e. The van der Waals surface area contributed by atoms with Crippen LogP contribution in [-0.2, 0) is 25.7 Å². The lowest BCUT2D eigenvalue weighted by Crippen LogP contribution is -2.44. The van der Waals surface area contributed by atoms with Crippen molar-refractivity contribution in [1.29, 1.82) is 0 Å². The number of hydrogen-bond acceptors (Lipinski definition) is 6. The van der Waals surface area contributed by atoms with Crippen LogP contribution in [0.15, 0.2) is 41.3 Å². The van der Waals surface area contributed by atoms with Gasteiger partial charge in [0.15, 0.2) is 0 Å². The molecule has 3 heterocycles. The van der Waals surface area contributed by atoms with Crippen LogP contribution < -0.4 is 5.56 Å². The molecule has 0 unspecified atom stereocenters. The van der Waals surface area contributed by atoms with E-state index >= 15 is 0 Å². The minimum Gasteiger partial charge on any atom is -0.458 e. The van der Waals surface area contributed by atoms with Gasteiger partial charge in [-0.1, -0.05) is 18.2 Å². The third kappa shape index (κ3) is 3.24. The molecule has 1 aliphatic heterocycles. The highest BCUT2D eigenvalue weighted by molar-refractivity contribution is 6.08. The fraction of sp³-hybridized carbons (Fsp3) is 0.381. The Morgan fingerprint density at radius 2 is 1.86 bits per heavy atom. The van der Waals surface area contributed by atoms with Crippen molar-refractivity contribution in [2.75, 3.05) is 0 Å². The molecule has 0 aromatic carbocycles. The third-order valence-corrected chi connectivity index (χ3v) is 5.57. The minimum absolute atomic E-state index is 0.214. The van der Waals surface area contributed by atoms with E-state index in [0.29, 0.717) is 24.2 Å². The van der Waals surface area contributed by atoms with Crippen LogP contribution in [0.4, 0.5) is 0 Å². The topological polar surface area (TPSA) is 98.0 Å². The van der Waals surface area contributed by atoms with Gasteiger partial charge in [0.1, 0.15) is 18.3 Å². The highest BCUT2D eigenvalue weighted by Crippen LogP contribution is 2.36. The van der Waals surface area contributed by atoms with Crippen LogP contribution in [0, 0.1) is 18.8 Å². The predicted octanol–water partition coefficient (Wildman–Crippen LogP) is 1.39. The minimum atomic E-state index is -1.02. The molecule has 2 aromatic rings. The van der Waals surface area contributed by atoms with Crippen molar-refractivity contribution in [2.24, 2.45) is 11.8 Å². The standard InChI is InChI=1S/C21H21N3O5/c1-12-6-5-9-23-17(25)10-14(22-18(12)23)11-29-21(28)13(2)24-19(26)15-7-3-4-8-16(15)20(24)27/h3-6,9-10,13,15-16H,7-8,11H2,1-2H3/t13-,15+,16+/m0/s1. The molecule has 0 spiro atoms. The fourth-order valence-corrected chi connectivity index (χ4v) is 3.96. The predicted molar refractivity (Wildman–Crippen MR) is 103 cm³/mol. The second kappa shape index (κ2) is 7.27. The maximum absolute atomic E-state index is 12.6. The van der Waals surface area contributed by atoms with Gasteiger partial charge in [-0.2, -0.15) is 0 Å². The molecular formula is C21H21N3O5. The number of amides is 2. The van der Waals surface area contributed by atoms with Crippen LogP contribution >= 0.6 is 0 Å². The van der Waals surface area contributed by atoms with Crippen LogP contribution in [0.25, 0.3) is 5.65 Å². The van der Waals surface area contributed by atoms with E-state index in [2.05, 4.69) is 4.98 Å². The summed E-state index contributed by atoms with van der Waals surface area (Å²) in [6, 6.07) is 3.86. The molecule has 8 heteroatoms. The van der Waals surface area contributed by atoms with Crippen molar-refractivity contribution in [3.8, 4) is 0 Å². The van der Waals surface area contributed by atoms with Crippen molar-refractivity contribution >= 4 is 23.4 Å². The average molecular weight is 395 g/mol. The molecule has 0 radical (unpaired) electrons. The molecule has 1 fully saturated rings. The molecule has 2 amide bonds. The van der Waals surface area contributed by atoms with Crippen LogP contribution in [-0.4, -0.2) is 38.1 Å². The van der Waals surface area contributed by atoms with Gasteiger partial charge < -0.3 is 4.74 Å². The number of ether oxygens (including phenoxy) is 1. The molecule has 150 valence electrons. The summed E-state index contributed by atoms with van der Waals surface area (Å²) in [7, 11) is 0. The number of fused-ring (bicyclic) bond motifs is 2. The number of nitrogens with zero attached hydrogens (tertiary/aromatic N) is 3. The fourth-order valence-electron chi connectivity index (χ4n) is 3.96. The number of rotatable bonds is 4. The first kappa shape index (κ1) is 19.0. The molecule has 29 heavy (non-hydrogen) atoms. The number of carbonyl (C=O) groups excluding carboxylic acids is 3. The number of esters is 1. The summed E-state index contributed by atoms with van der Waals surface area (Å²) in [5.41, 5.74) is 1.33. The molecule has 0 bridgehead atoms. The lowest BCUT2D eigenvalue weighted by atomic mass is 9.85. The average Bonchev–Trinajstić information content (AvgIpc) is 2.97. The molecule has 2 aliphatic rings. The number of allylic oxidation sites excluding steroid dienone is 2. The lowest BCUT2D eigenvalue weighted by molar-refractivity contribution is -0.159. The van der Waals surface area contributed by atoms with E-state index < -0.39 is 23.8 Å². The van der Waals surface area contributed by atoms with E-state index in [0.717, 1.165) is 10.5 Å². The van der Waals surface area contributed by atoms with E-state index in [4.69, 9.17) is 4.74 Å². The first-order valence-electron chi connectivity index (χ1n) is 9.55. The van der Waals surface area contributed by atoms with E-state index in [9.17, 15) is 19.2 Å². The summed E-state index contributed by atoms with van der Waals surface area (Å²) >= 11 is 0. The van der Waals surface area contributed by atoms with Crippen LogP contribution in [0.5, 0.6) is 0 Å². The van der Waals surface area contributed by atoms with Gasteiger partial charge in [-0.05, 0) is 38.3 Å². The van der Waals surface area contributed by atoms with Gasteiger partial charge in [0.2, 0.25) is 11.8 Å². The van der Waals surface area contributed by atoms with Crippen molar-refractivity contribution in [1.82, 2.24) is 14.3 Å². The number of pyridine rings is 1. The Labute approximate surface area is 166 Å². The molecule has 1 saturated heterocycles. The Morgan fingerprint density at radius 3 is 2.52 bits per heavy atom. The Balaban J connectivity index is 1.48. The van der Waals surface area contributed by atoms with Crippen molar-refractivity contribution in [3.63, 3.8) is 0 Å². The van der Waals surface area contributed by atoms with Gasteiger partial charge in [-0.25, -0.2) is 9.78 Å². The third-order valence-electron chi connectivity index (χ3n) is 5.57. The second-order valence-corrected chi connectivity index (χ2v) is 7.46. The summed E-state index contributed by atoms with van der Waals surface area (Å²) in [6.45, 7) is 3.10. The van der Waals surface area contributed by atoms with Crippen molar-refractivity contribution < 1.29 is 19.1 Å². The van der Waals surface area contributed by atoms with Gasteiger partial charge in [0.05, 0.1) is 17.5 Å². The molecule has 3 atom stereocenters. The molecule has 8 nitrogen and oxygen atoms in total. The number of carbonyl (C=O) groups is 3. The molecule has 2 aromatic heterocycles. The smallest absolute Gasteiger partial charge is 0.329 e. The Bertz CT molecular complexity index is 1080. The van der Waals surface area contributed by atoms with Crippen molar-refractivity contribution in [2.45, 2.75) is 39.3 Å². The number of hydrogen-bond donors (Lipinski definition) is 0. The number of aromatic nitrogens is 2. The Morgan fingerprint density at radius 1 is 1.21 bits per heavy atom. The number of imide groups is 1. The molecule has 4 rings (SSSR count). The zero-order chi connectivity index (χ0) is 20.7. The first-order chi connectivity index (χ1) is 13.9. The second-order valence-electron chi connectivity index (χ2n) is 7.46. The van der Waals surface area contributed by atoms with Crippen LogP contribution in [0.1, 0.15) is 31.0 Å². The highest BCUT2D eigenvalue weighted by Gasteiger charge is 2.50. The SMILES string of the molecule is Cc1cccn2c(=O)cc(COC(=O)[C@H](C)N3C(=O)[C@@H]4CC=CC[C@H]4C3=O)nc12. The molecule has 1 aliphatic carbocycles. The van der Waals surface area contributed by atoms with Gasteiger partial charge in [-0.3, -0.25) is 23.7 Å². The Hall–Kier alpha value is -3.29. The lowest BCUT2D eigenvalue weighted by Gasteiger charge is -2.21. The highest BCUT2D eigenvalue weighted by atomic mass is 16.5. The van der Waals surface area contributed by atoms with Crippen LogP contribution in [0.3, 0.4) is 0 Å². The van der Waals surface area contributed by atoms with E-state index in [1.54, 1.807) is 12.3 Å². The monoisotopic (exact) mass is 395 g/mol. The summed E-state index contributed by atoms with van der Waals surface area (Å²) in [4.78, 5) is 55.4. The molecular weight excluding hydrogens is 374 g/mol.